The molecule has 1 unspecified atom stereocenters. The van der Waals surface area contributed by atoms with Crippen LogP contribution in [0.2, 0.25) is 0 Å². The summed E-state index contributed by atoms with van der Waals surface area (Å²) in [5.74, 6) is 1.64. The molecule has 158 valence electrons. The number of aromatic nitrogens is 1. The molecule has 30 heavy (non-hydrogen) atoms. The quantitative estimate of drug-likeness (QED) is 0.518. The highest BCUT2D eigenvalue weighted by Gasteiger charge is 2.19. The molecule has 1 aliphatic carbocycles. The van der Waals surface area contributed by atoms with Gasteiger partial charge in [-0.25, -0.2) is 0 Å². The van der Waals surface area contributed by atoms with Gasteiger partial charge in [-0.15, -0.1) is 0 Å². The van der Waals surface area contributed by atoms with Crippen LogP contribution in [-0.2, 0) is 15.9 Å². The number of benzene rings is 1. The third-order valence-electron chi connectivity index (χ3n) is 5.47. The maximum absolute atomic E-state index is 9.46. The van der Waals surface area contributed by atoms with E-state index in [1.807, 2.05) is 18.2 Å². The van der Waals surface area contributed by atoms with Crippen molar-refractivity contribution in [3.8, 4) is 5.75 Å². The van der Waals surface area contributed by atoms with Crippen LogP contribution in [-0.4, -0.2) is 30.3 Å². The molecule has 0 bridgehead atoms. The number of hydrogen-bond acceptors (Lipinski definition) is 5. The van der Waals surface area contributed by atoms with Gasteiger partial charge in [-0.1, -0.05) is 18.2 Å². The Balaban J connectivity index is 1.17. The number of fused-ring (bicyclic) bond motifs is 1. The first kappa shape index (κ1) is 20.2. The smallest absolute Gasteiger partial charge is 0.319 e. The highest BCUT2D eigenvalue weighted by Crippen LogP contribution is 2.28. The van der Waals surface area contributed by atoms with E-state index in [4.69, 9.17) is 14.2 Å². The molecule has 6 heteroatoms. The highest BCUT2D eigenvalue weighted by atomic mass is 16.6. The predicted molar refractivity (Wildman–Crippen MR) is 117 cm³/mol. The largest absolute Gasteiger partial charge is 0.497 e. The van der Waals surface area contributed by atoms with E-state index in [2.05, 4.69) is 34.7 Å². The molecule has 2 aliphatic rings. The SMILES string of the molecule is COc1ccc2[nH]cc(CCCCNCC3C=CC=C(C4=COC=C(O)O4)C3)c2c1. The lowest BCUT2D eigenvalue weighted by atomic mass is 9.93. The number of nitrogens with one attached hydrogen (secondary N) is 2. The summed E-state index contributed by atoms with van der Waals surface area (Å²) in [5.41, 5.74) is 3.52. The summed E-state index contributed by atoms with van der Waals surface area (Å²) in [6.07, 6.45) is 15.2. The summed E-state index contributed by atoms with van der Waals surface area (Å²) in [6, 6.07) is 6.15. The van der Waals surface area contributed by atoms with Crippen LogP contribution in [0.25, 0.3) is 10.9 Å². The molecule has 2 aromatic rings. The zero-order chi connectivity index (χ0) is 20.8. The Kier molecular flexibility index (Phi) is 6.44. The van der Waals surface area contributed by atoms with Gasteiger partial charge in [0.05, 0.1) is 7.11 Å². The van der Waals surface area contributed by atoms with Crippen molar-refractivity contribution in [2.75, 3.05) is 20.2 Å². The lowest BCUT2D eigenvalue weighted by Gasteiger charge is -2.21. The number of unbranched alkanes of at least 4 members (excludes halogenated alkanes) is 1. The summed E-state index contributed by atoms with van der Waals surface area (Å²) in [4.78, 5) is 3.34. The molecule has 1 aromatic carbocycles. The van der Waals surface area contributed by atoms with Crippen molar-refractivity contribution in [3.63, 3.8) is 0 Å². The van der Waals surface area contributed by atoms with Gasteiger partial charge < -0.3 is 29.6 Å². The number of methoxy groups -OCH3 is 1. The zero-order valence-electron chi connectivity index (χ0n) is 17.2. The van der Waals surface area contributed by atoms with E-state index in [1.54, 1.807) is 7.11 Å². The van der Waals surface area contributed by atoms with Crippen LogP contribution >= 0.6 is 0 Å². The molecule has 1 aromatic heterocycles. The van der Waals surface area contributed by atoms with Crippen molar-refractivity contribution in [2.45, 2.75) is 25.7 Å². The lowest BCUT2D eigenvalue weighted by Crippen LogP contribution is -2.24. The number of aliphatic hydroxyl groups is 1. The van der Waals surface area contributed by atoms with Crippen molar-refractivity contribution in [1.82, 2.24) is 10.3 Å². The van der Waals surface area contributed by atoms with Crippen molar-refractivity contribution >= 4 is 10.9 Å². The Labute approximate surface area is 176 Å². The molecular weight excluding hydrogens is 380 g/mol. The Morgan fingerprint density at radius 2 is 2.20 bits per heavy atom. The van der Waals surface area contributed by atoms with Crippen LogP contribution in [0.1, 0.15) is 24.8 Å². The molecule has 0 saturated heterocycles. The Morgan fingerprint density at radius 1 is 1.27 bits per heavy atom. The Morgan fingerprint density at radius 3 is 3.07 bits per heavy atom. The van der Waals surface area contributed by atoms with Gasteiger partial charge in [0.1, 0.15) is 12.0 Å². The van der Waals surface area contributed by atoms with E-state index < -0.39 is 0 Å². The molecule has 1 atom stereocenters. The minimum atomic E-state index is -0.216. The second-order valence-corrected chi connectivity index (χ2v) is 7.60. The maximum atomic E-state index is 9.46. The monoisotopic (exact) mass is 408 g/mol. The normalized spacial score (nSPS) is 18.3. The van der Waals surface area contributed by atoms with Gasteiger partial charge in [0.2, 0.25) is 0 Å². The average Bonchev–Trinajstić information content (AvgIpc) is 3.18. The van der Waals surface area contributed by atoms with Crippen LogP contribution < -0.4 is 10.1 Å². The average molecular weight is 408 g/mol. The second-order valence-electron chi connectivity index (χ2n) is 7.60. The van der Waals surface area contributed by atoms with E-state index >= 15 is 0 Å². The topological polar surface area (TPSA) is 75.7 Å². The minimum absolute atomic E-state index is 0.216. The minimum Gasteiger partial charge on any atom is -0.497 e. The highest BCUT2D eigenvalue weighted by molar-refractivity contribution is 5.84. The predicted octanol–water partition coefficient (Wildman–Crippen LogP) is 4.84. The van der Waals surface area contributed by atoms with Crippen molar-refractivity contribution < 1.29 is 19.3 Å². The molecule has 6 nitrogen and oxygen atoms in total. The summed E-state index contributed by atoms with van der Waals surface area (Å²) < 4.78 is 15.8. The fourth-order valence-electron chi connectivity index (χ4n) is 3.87. The number of aromatic amines is 1. The molecule has 0 amide bonds. The molecule has 2 heterocycles. The standard InChI is InChI=1S/C24H28N2O4/c1-28-20-8-9-22-21(12-20)19(14-26-22)6-2-3-10-25-13-17-5-4-7-18(11-17)23-15-29-16-24(27)30-23/h4-5,7-9,12,14-17,25-27H,2-3,6,10-11,13H2,1H3. The third-order valence-corrected chi connectivity index (χ3v) is 5.47. The summed E-state index contributed by atoms with van der Waals surface area (Å²) in [5, 5.41) is 14.3. The first-order valence-electron chi connectivity index (χ1n) is 10.4. The molecular formula is C24H28N2O4. The van der Waals surface area contributed by atoms with Crippen LogP contribution in [0.15, 0.2) is 72.4 Å². The van der Waals surface area contributed by atoms with Crippen molar-refractivity contribution in [2.24, 2.45) is 5.92 Å². The van der Waals surface area contributed by atoms with Crippen LogP contribution in [0.4, 0.5) is 0 Å². The van der Waals surface area contributed by atoms with E-state index in [1.165, 1.54) is 23.5 Å². The van der Waals surface area contributed by atoms with Gasteiger partial charge in [0, 0.05) is 23.6 Å². The zero-order valence-corrected chi connectivity index (χ0v) is 17.2. The maximum Gasteiger partial charge on any atom is 0.319 e. The third kappa shape index (κ3) is 4.89. The number of hydrogen-bond donors (Lipinski definition) is 3. The fraction of sp³-hybridized carbons (Fsp3) is 0.333. The first-order valence-corrected chi connectivity index (χ1v) is 10.4. The first-order chi connectivity index (χ1) is 14.7. The van der Waals surface area contributed by atoms with Gasteiger partial charge in [-0.3, -0.25) is 0 Å². The van der Waals surface area contributed by atoms with Crippen molar-refractivity contribution in [3.05, 3.63) is 78.0 Å². The van der Waals surface area contributed by atoms with Gasteiger partial charge in [-0.2, -0.15) is 0 Å². The van der Waals surface area contributed by atoms with Crippen molar-refractivity contribution in [1.29, 1.82) is 0 Å². The fourth-order valence-corrected chi connectivity index (χ4v) is 3.87. The molecule has 1 aliphatic heterocycles. The number of aryl methyl sites for hydroxylation is 1. The van der Waals surface area contributed by atoms with Crippen LogP contribution in [0, 0.1) is 5.92 Å². The number of ether oxygens (including phenoxy) is 3. The van der Waals surface area contributed by atoms with E-state index in [0.717, 1.165) is 55.6 Å². The van der Waals surface area contributed by atoms with Crippen LogP contribution in [0.3, 0.4) is 0 Å². The van der Waals surface area contributed by atoms with Gasteiger partial charge >= 0.3 is 5.95 Å². The summed E-state index contributed by atoms with van der Waals surface area (Å²) in [6.45, 7) is 1.90. The molecule has 0 fully saturated rings. The van der Waals surface area contributed by atoms with Gasteiger partial charge in [0.15, 0.2) is 12.0 Å². The lowest BCUT2D eigenvalue weighted by molar-refractivity contribution is 0.108. The molecule has 0 radical (unpaired) electrons. The second kappa shape index (κ2) is 9.59. The molecule has 0 spiro atoms. The Hall–Kier alpha value is -3.12. The van der Waals surface area contributed by atoms with E-state index in [0.29, 0.717) is 11.7 Å². The van der Waals surface area contributed by atoms with Gasteiger partial charge in [0.25, 0.3) is 0 Å². The number of aliphatic hydroxyl groups excluding tert-OH is 1. The molecule has 0 saturated carbocycles. The number of H-pyrrole nitrogens is 1. The summed E-state index contributed by atoms with van der Waals surface area (Å²) in [7, 11) is 1.70. The number of rotatable bonds is 9. The summed E-state index contributed by atoms with van der Waals surface area (Å²) >= 11 is 0. The van der Waals surface area contributed by atoms with E-state index in [-0.39, 0.29) is 5.95 Å². The Bertz CT molecular complexity index is 1000. The van der Waals surface area contributed by atoms with E-state index in [9.17, 15) is 5.11 Å². The molecule has 4 rings (SSSR count). The van der Waals surface area contributed by atoms with Gasteiger partial charge in [-0.05, 0) is 67.5 Å². The number of allylic oxidation sites excluding steroid dienone is 3. The van der Waals surface area contributed by atoms with Crippen LogP contribution in [0.5, 0.6) is 5.75 Å². The molecule has 3 N–H and O–H groups in total.